The molecular formula is C12H16O3. The SMILES string of the molecule is [2H]C([2H])([2H])Oc1ccc(C2(O)CCOCC2)cc1. The number of hydrogen-bond acceptors (Lipinski definition) is 3. The zero-order valence-corrected chi connectivity index (χ0v) is 8.40. The zero-order valence-electron chi connectivity index (χ0n) is 11.4. The monoisotopic (exact) mass is 211 g/mol. The molecule has 0 atom stereocenters. The third kappa shape index (κ3) is 2.13. The largest absolute Gasteiger partial charge is 0.497 e. The van der Waals surface area contributed by atoms with Crippen LogP contribution in [0.2, 0.25) is 0 Å². The molecule has 0 saturated carbocycles. The summed E-state index contributed by atoms with van der Waals surface area (Å²) in [4.78, 5) is 0. The Balaban J connectivity index is 2.12. The molecule has 0 spiro atoms. The molecule has 0 bridgehead atoms. The van der Waals surface area contributed by atoms with Crippen LogP contribution in [0.3, 0.4) is 0 Å². The van der Waals surface area contributed by atoms with Crippen LogP contribution < -0.4 is 4.74 Å². The number of benzene rings is 1. The first kappa shape index (κ1) is 7.25. The third-order valence-corrected chi connectivity index (χ3v) is 2.83. The highest BCUT2D eigenvalue weighted by Gasteiger charge is 2.31. The molecule has 2 rings (SSSR count). The molecule has 0 amide bonds. The van der Waals surface area contributed by atoms with Crippen LogP contribution in [0.5, 0.6) is 5.75 Å². The van der Waals surface area contributed by atoms with Crippen molar-refractivity contribution >= 4 is 0 Å². The number of ether oxygens (including phenoxy) is 2. The van der Waals surface area contributed by atoms with Gasteiger partial charge in [-0.15, -0.1) is 0 Å². The Kier molecular flexibility index (Phi) is 2.03. The highest BCUT2D eigenvalue weighted by atomic mass is 16.5. The predicted octanol–water partition coefficient (Wildman–Crippen LogP) is 1.69. The topological polar surface area (TPSA) is 38.7 Å². The summed E-state index contributed by atoms with van der Waals surface area (Å²) in [6, 6.07) is 6.53. The predicted molar refractivity (Wildman–Crippen MR) is 56.9 cm³/mol. The van der Waals surface area contributed by atoms with E-state index in [2.05, 4.69) is 0 Å². The Bertz CT molecular complexity index is 394. The van der Waals surface area contributed by atoms with Crippen molar-refractivity contribution in [1.82, 2.24) is 0 Å². The molecule has 1 aromatic rings. The summed E-state index contributed by atoms with van der Waals surface area (Å²) in [5.41, 5.74) is -0.111. The summed E-state index contributed by atoms with van der Waals surface area (Å²) in [7, 11) is -2.45. The smallest absolute Gasteiger partial charge is 0.118 e. The van der Waals surface area contributed by atoms with Crippen molar-refractivity contribution in [1.29, 1.82) is 0 Å². The molecule has 1 N–H and O–H groups in total. The normalized spacial score (nSPS) is 23.7. The van der Waals surface area contributed by atoms with E-state index in [0.29, 0.717) is 26.1 Å². The first-order valence-corrected chi connectivity index (χ1v) is 4.99. The van der Waals surface area contributed by atoms with E-state index in [1.165, 1.54) is 0 Å². The fourth-order valence-corrected chi connectivity index (χ4v) is 1.83. The van der Waals surface area contributed by atoms with Gasteiger partial charge in [0.15, 0.2) is 0 Å². The van der Waals surface area contributed by atoms with E-state index in [0.717, 1.165) is 5.56 Å². The molecule has 0 unspecified atom stereocenters. The van der Waals surface area contributed by atoms with Crippen LogP contribution in [0, 0.1) is 0 Å². The Morgan fingerprint density at radius 2 is 2.00 bits per heavy atom. The first-order chi connectivity index (χ1) is 8.39. The van der Waals surface area contributed by atoms with Crippen molar-refractivity contribution in [2.45, 2.75) is 18.4 Å². The van der Waals surface area contributed by atoms with Crippen LogP contribution in [-0.2, 0) is 10.3 Å². The molecule has 3 nitrogen and oxygen atoms in total. The van der Waals surface area contributed by atoms with Crippen molar-refractivity contribution in [3.8, 4) is 5.75 Å². The lowest BCUT2D eigenvalue weighted by Gasteiger charge is -2.32. The Morgan fingerprint density at radius 3 is 2.60 bits per heavy atom. The minimum Gasteiger partial charge on any atom is -0.497 e. The fraction of sp³-hybridized carbons (Fsp3) is 0.500. The van der Waals surface area contributed by atoms with E-state index in [-0.39, 0.29) is 5.75 Å². The molecule has 0 aliphatic carbocycles. The molecule has 1 aromatic carbocycles. The average molecular weight is 211 g/mol. The Morgan fingerprint density at radius 1 is 1.33 bits per heavy atom. The van der Waals surface area contributed by atoms with Crippen molar-refractivity contribution in [2.24, 2.45) is 0 Å². The lowest BCUT2D eigenvalue weighted by atomic mass is 9.86. The summed E-state index contributed by atoms with van der Waals surface area (Å²) in [5.74, 6) is 0.273. The summed E-state index contributed by atoms with van der Waals surface area (Å²) < 4.78 is 31.0. The molecule has 15 heavy (non-hydrogen) atoms. The number of aliphatic hydroxyl groups is 1. The molecule has 1 fully saturated rings. The number of methoxy groups -OCH3 is 1. The van der Waals surface area contributed by atoms with Crippen LogP contribution in [0.15, 0.2) is 24.3 Å². The van der Waals surface area contributed by atoms with Gasteiger partial charge >= 0.3 is 0 Å². The van der Waals surface area contributed by atoms with E-state index in [1.54, 1.807) is 24.3 Å². The summed E-state index contributed by atoms with van der Waals surface area (Å²) in [5, 5.41) is 10.4. The van der Waals surface area contributed by atoms with Crippen LogP contribution in [0.25, 0.3) is 0 Å². The van der Waals surface area contributed by atoms with E-state index in [1.807, 2.05) is 0 Å². The maximum Gasteiger partial charge on any atom is 0.118 e. The van der Waals surface area contributed by atoms with Gasteiger partial charge in [0.2, 0.25) is 0 Å². The zero-order chi connectivity index (χ0) is 13.2. The molecule has 0 aromatic heterocycles. The highest BCUT2D eigenvalue weighted by molar-refractivity contribution is 5.31. The first-order valence-electron chi connectivity index (χ1n) is 6.49. The van der Waals surface area contributed by atoms with Crippen molar-refractivity contribution < 1.29 is 18.7 Å². The maximum atomic E-state index is 10.4. The van der Waals surface area contributed by atoms with Gasteiger partial charge in [0, 0.05) is 26.1 Å². The van der Waals surface area contributed by atoms with Crippen molar-refractivity contribution in [3.05, 3.63) is 29.8 Å². The van der Waals surface area contributed by atoms with Crippen molar-refractivity contribution in [3.63, 3.8) is 0 Å². The number of rotatable bonds is 2. The minimum atomic E-state index is -2.45. The second-order valence-corrected chi connectivity index (χ2v) is 3.77. The lowest BCUT2D eigenvalue weighted by molar-refractivity contribution is -0.0679. The van der Waals surface area contributed by atoms with Gasteiger partial charge in [-0.2, -0.15) is 0 Å². The van der Waals surface area contributed by atoms with E-state index >= 15 is 0 Å². The van der Waals surface area contributed by atoms with Gasteiger partial charge in [0.25, 0.3) is 0 Å². The van der Waals surface area contributed by atoms with Crippen LogP contribution in [0.1, 0.15) is 22.5 Å². The third-order valence-electron chi connectivity index (χ3n) is 2.83. The molecule has 0 radical (unpaired) electrons. The van der Waals surface area contributed by atoms with Gasteiger partial charge in [0.05, 0.1) is 16.8 Å². The van der Waals surface area contributed by atoms with Gasteiger partial charge in [-0.1, -0.05) is 12.1 Å². The summed E-state index contributed by atoms with van der Waals surface area (Å²) in [6.07, 6.45) is 1.10. The second kappa shape index (κ2) is 4.21. The fourth-order valence-electron chi connectivity index (χ4n) is 1.83. The van der Waals surface area contributed by atoms with Crippen LogP contribution in [0.4, 0.5) is 0 Å². The highest BCUT2D eigenvalue weighted by Crippen LogP contribution is 2.32. The molecule has 1 saturated heterocycles. The molecule has 1 aliphatic rings. The van der Waals surface area contributed by atoms with Crippen LogP contribution in [-0.4, -0.2) is 25.4 Å². The van der Waals surface area contributed by atoms with E-state index < -0.39 is 12.6 Å². The molecule has 82 valence electrons. The van der Waals surface area contributed by atoms with Gasteiger partial charge in [-0.25, -0.2) is 0 Å². The van der Waals surface area contributed by atoms with Gasteiger partial charge in [0.1, 0.15) is 5.75 Å². The minimum absolute atomic E-state index is 0.273. The average Bonchev–Trinajstić information content (AvgIpc) is 2.28. The van der Waals surface area contributed by atoms with E-state index in [9.17, 15) is 5.11 Å². The molecule has 3 heteroatoms. The quantitative estimate of drug-likeness (QED) is 0.809. The number of hydrogen-bond donors (Lipinski definition) is 1. The van der Waals surface area contributed by atoms with Crippen molar-refractivity contribution in [2.75, 3.05) is 20.3 Å². The molecular weight excluding hydrogens is 192 g/mol. The van der Waals surface area contributed by atoms with Gasteiger partial charge in [-0.3, -0.25) is 0 Å². The maximum absolute atomic E-state index is 10.4. The van der Waals surface area contributed by atoms with E-state index in [4.69, 9.17) is 13.6 Å². The summed E-state index contributed by atoms with van der Waals surface area (Å²) >= 11 is 0. The lowest BCUT2D eigenvalue weighted by Crippen LogP contribution is -2.33. The van der Waals surface area contributed by atoms with Gasteiger partial charge in [-0.05, 0) is 17.7 Å². The Labute approximate surface area is 93.9 Å². The summed E-state index contributed by atoms with van der Waals surface area (Å²) in [6.45, 7) is 1.06. The van der Waals surface area contributed by atoms with Crippen LogP contribution >= 0.6 is 0 Å². The molecule has 1 heterocycles. The standard InChI is InChI=1S/C12H16O3/c1-14-11-4-2-10(3-5-11)12(13)6-8-15-9-7-12/h2-5,13H,6-9H2,1H3/i1D3. The van der Waals surface area contributed by atoms with Gasteiger partial charge < -0.3 is 14.6 Å². The molecule has 1 aliphatic heterocycles. The second-order valence-electron chi connectivity index (χ2n) is 3.77. The Hall–Kier alpha value is -1.06.